The monoisotopic (exact) mass is 206 g/mol. The van der Waals surface area contributed by atoms with Crippen molar-refractivity contribution in [3.63, 3.8) is 0 Å². The Morgan fingerprint density at radius 1 is 1.29 bits per heavy atom. The summed E-state index contributed by atoms with van der Waals surface area (Å²) in [6.45, 7) is 0. The van der Waals surface area contributed by atoms with Gasteiger partial charge in [-0.3, -0.25) is 0 Å². The van der Waals surface area contributed by atoms with Gasteiger partial charge in [0.15, 0.2) is 0 Å². The van der Waals surface area contributed by atoms with Crippen molar-refractivity contribution in [1.82, 2.24) is 9.97 Å². The maximum absolute atomic E-state index is 10.7. The van der Waals surface area contributed by atoms with Crippen LogP contribution in [0.3, 0.4) is 0 Å². The van der Waals surface area contributed by atoms with Crippen LogP contribution < -0.4 is 5.69 Å². The number of aromatic amines is 1. The fraction of sp³-hybridized carbons (Fsp3) is 0. The van der Waals surface area contributed by atoms with Gasteiger partial charge in [0.2, 0.25) is 0 Å². The van der Waals surface area contributed by atoms with Gasteiger partial charge in [0.25, 0.3) is 0 Å². The van der Waals surface area contributed by atoms with Gasteiger partial charge in [0.1, 0.15) is 0 Å². The second-order valence-corrected chi connectivity index (χ2v) is 3.19. The maximum Gasteiger partial charge on any atom is 0.344 e. The number of hydrogen-bond donors (Lipinski definition) is 1. The van der Waals surface area contributed by atoms with E-state index >= 15 is 0 Å². The van der Waals surface area contributed by atoms with Crippen LogP contribution in [0.4, 0.5) is 0 Å². The summed E-state index contributed by atoms with van der Waals surface area (Å²) in [4.78, 5) is 16.9. The molecule has 0 bridgehead atoms. The van der Waals surface area contributed by atoms with E-state index < -0.39 is 0 Å². The Bertz CT molecular complexity index is 487. The highest BCUT2D eigenvalue weighted by molar-refractivity contribution is 6.33. The van der Waals surface area contributed by atoms with Crippen LogP contribution in [0, 0.1) is 0 Å². The fourth-order valence-electron chi connectivity index (χ4n) is 1.18. The lowest BCUT2D eigenvalue weighted by Gasteiger charge is -2.01. The minimum atomic E-state index is -0.360. The standard InChI is InChI=1S/C10H7ClN2O/c11-9-4-2-1-3-8(9)7-5-12-10(14)13-6-7/h1-6H,(H,12,13,14). The molecular weight excluding hydrogens is 200 g/mol. The zero-order valence-electron chi connectivity index (χ0n) is 7.20. The first-order valence-electron chi connectivity index (χ1n) is 4.07. The molecule has 0 aliphatic heterocycles. The molecule has 0 spiro atoms. The summed E-state index contributed by atoms with van der Waals surface area (Å²) < 4.78 is 0. The average molecular weight is 207 g/mol. The molecule has 0 radical (unpaired) electrons. The van der Waals surface area contributed by atoms with Crippen LogP contribution in [0.5, 0.6) is 0 Å². The Morgan fingerprint density at radius 3 is 2.71 bits per heavy atom. The highest BCUT2D eigenvalue weighted by Crippen LogP contribution is 2.25. The smallest absolute Gasteiger partial charge is 0.312 e. The van der Waals surface area contributed by atoms with E-state index in [0.29, 0.717) is 5.02 Å². The summed E-state index contributed by atoms with van der Waals surface area (Å²) in [6, 6.07) is 7.40. The molecule has 0 aliphatic rings. The minimum absolute atomic E-state index is 0.360. The Kier molecular flexibility index (Phi) is 2.33. The van der Waals surface area contributed by atoms with Crippen LogP contribution in [0.15, 0.2) is 41.5 Å². The predicted molar refractivity (Wildman–Crippen MR) is 55.3 cm³/mol. The third-order valence-corrected chi connectivity index (χ3v) is 2.19. The Hall–Kier alpha value is -1.61. The van der Waals surface area contributed by atoms with Crippen molar-refractivity contribution in [3.8, 4) is 11.1 Å². The molecule has 1 aromatic heterocycles. The molecule has 0 aliphatic carbocycles. The molecule has 2 aromatic rings. The van der Waals surface area contributed by atoms with Crippen molar-refractivity contribution < 1.29 is 0 Å². The van der Waals surface area contributed by atoms with Crippen LogP contribution in [0.2, 0.25) is 5.02 Å². The van der Waals surface area contributed by atoms with Crippen molar-refractivity contribution in [1.29, 1.82) is 0 Å². The van der Waals surface area contributed by atoms with E-state index in [0.717, 1.165) is 11.1 Å². The molecule has 0 amide bonds. The molecule has 1 aromatic carbocycles. The first-order chi connectivity index (χ1) is 6.77. The Morgan fingerprint density at radius 2 is 2.07 bits per heavy atom. The van der Waals surface area contributed by atoms with E-state index in [2.05, 4.69) is 9.97 Å². The zero-order chi connectivity index (χ0) is 9.97. The van der Waals surface area contributed by atoms with Crippen molar-refractivity contribution in [2.45, 2.75) is 0 Å². The van der Waals surface area contributed by atoms with E-state index in [-0.39, 0.29) is 5.69 Å². The number of aromatic nitrogens is 2. The SMILES string of the molecule is O=c1ncc(-c2ccccc2Cl)c[nH]1. The Labute approximate surface area is 85.4 Å². The maximum atomic E-state index is 10.7. The minimum Gasteiger partial charge on any atom is -0.312 e. The number of benzene rings is 1. The topological polar surface area (TPSA) is 45.8 Å². The number of hydrogen-bond acceptors (Lipinski definition) is 2. The van der Waals surface area contributed by atoms with E-state index in [1.807, 2.05) is 18.2 Å². The van der Waals surface area contributed by atoms with Gasteiger partial charge in [-0.2, -0.15) is 0 Å². The van der Waals surface area contributed by atoms with Crippen LogP contribution in [-0.2, 0) is 0 Å². The summed E-state index contributed by atoms with van der Waals surface area (Å²) in [7, 11) is 0. The molecule has 1 N–H and O–H groups in total. The molecule has 3 nitrogen and oxygen atoms in total. The van der Waals surface area contributed by atoms with Gasteiger partial charge in [-0.1, -0.05) is 29.8 Å². The normalized spacial score (nSPS) is 10.1. The molecule has 70 valence electrons. The summed E-state index contributed by atoms with van der Waals surface area (Å²) >= 11 is 5.98. The third kappa shape index (κ3) is 1.67. The van der Waals surface area contributed by atoms with Crippen LogP contribution >= 0.6 is 11.6 Å². The third-order valence-electron chi connectivity index (χ3n) is 1.86. The van der Waals surface area contributed by atoms with Gasteiger partial charge in [0, 0.05) is 28.5 Å². The average Bonchev–Trinajstić information content (AvgIpc) is 2.20. The van der Waals surface area contributed by atoms with Gasteiger partial charge in [0.05, 0.1) is 0 Å². The molecule has 1 heterocycles. The largest absolute Gasteiger partial charge is 0.344 e. The second-order valence-electron chi connectivity index (χ2n) is 2.79. The predicted octanol–water partition coefficient (Wildman–Crippen LogP) is 2.09. The van der Waals surface area contributed by atoms with E-state index in [9.17, 15) is 4.79 Å². The molecule has 14 heavy (non-hydrogen) atoms. The lowest BCUT2D eigenvalue weighted by molar-refractivity contribution is 1.08. The van der Waals surface area contributed by atoms with Crippen molar-refractivity contribution in [2.75, 3.05) is 0 Å². The summed E-state index contributed by atoms with van der Waals surface area (Å²) in [5, 5.41) is 0.640. The lowest BCUT2D eigenvalue weighted by atomic mass is 10.1. The number of rotatable bonds is 1. The van der Waals surface area contributed by atoms with E-state index in [4.69, 9.17) is 11.6 Å². The summed E-state index contributed by atoms with van der Waals surface area (Å²) in [5.41, 5.74) is 1.30. The van der Waals surface area contributed by atoms with Crippen molar-refractivity contribution in [3.05, 3.63) is 52.2 Å². The van der Waals surface area contributed by atoms with Crippen LogP contribution in [-0.4, -0.2) is 9.97 Å². The molecule has 4 heteroatoms. The zero-order valence-corrected chi connectivity index (χ0v) is 7.95. The highest BCUT2D eigenvalue weighted by atomic mass is 35.5. The molecule has 0 saturated heterocycles. The number of halogens is 1. The van der Waals surface area contributed by atoms with E-state index in [1.54, 1.807) is 12.3 Å². The molecular formula is C10H7ClN2O. The van der Waals surface area contributed by atoms with Gasteiger partial charge >= 0.3 is 5.69 Å². The van der Waals surface area contributed by atoms with Crippen molar-refractivity contribution >= 4 is 11.6 Å². The van der Waals surface area contributed by atoms with E-state index in [1.165, 1.54) is 6.20 Å². The fourth-order valence-corrected chi connectivity index (χ4v) is 1.43. The quantitative estimate of drug-likeness (QED) is 0.777. The highest BCUT2D eigenvalue weighted by Gasteiger charge is 2.01. The number of nitrogens with one attached hydrogen (secondary N) is 1. The number of nitrogens with zero attached hydrogens (tertiary/aromatic N) is 1. The van der Waals surface area contributed by atoms with Gasteiger partial charge in [-0.05, 0) is 6.07 Å². The van der Waals surface area contributed by atoms with Gasteiger partial charge in [-0.25, -0.2) is 9.78 Å². The second kappa shape index (κ2) is 3.64. The number of H-pyrrole nitrogens is 1. The molecule has 0 fully saturated rings. The lowest BCUT2D eigenvalue weighted by Crippen LogP contribution is -2.07. The molecule has 0 atom stereocenters. The van der Waals surface area contributed by atoms with Crippen LogP contribution in [0.1, 0.15) is 0 Å². The van der Waals surface area contributed by atoms with Gasteiger partial charge < -0.3 is 4.98 Å². The molecule has 2 rings (SSSR count). The van der Waals surface area contributed by atoms with Crippen molar-refractivity contribution in [2.24, 2.45) is 0 Å². The molecule has 0 unspecified atom stereocenters. The first-order valence-corrected chi connectivity index (χ1v) is 4.45. The van der Waals surface area contributed by atoms with Crippen LogP contribution in [0.25, 0.3) is 11.1 Å². The summed E-state index contributed by atoms with van der Waals surface area (Å²) in [5.74, 6) is 0. The molecule has 0 saturated carbocycles. The Balaban J connectivity index is 2.55. The van der Waals surface area contributed by atoms with Gasteiger partial charge in [-0.15, -0.1) is 0 Å². The summed E-state index contributed by atoms with van der Waals surface area (Å²) in [6.07, 6.45) is 3.09. The first kappa shape index (κ1) is 8.97.